The van der Waals surface area contributed by atoms with E-state index in [1.54, 1.807) is 0 Å². The fourth-order valence-corrected chi connectivity index (χ4v) is 3.23. The minimum atomic E-state index is -0.378. The Morgan fingerprint density at radius 2 is 1.79 bits per heavy atom. The van der Waals surface area contributed by atoms with Gasteiger partial charge in [0.2, 0.25) is 0 Å². The van der Waals surface area contributed by atoms with E-state index in [0.29, 0.717) is 0 Å². The molecule has 1 N–H and O–H groups in total. The van der Waals surface area contributed by atoms with Crippen molar-refractivity contribution in [1.82, 2.24) is 0 Å². The van der Waals surface area contributed by atoms with Gasteiger partial charge in [-0.15, -0.1) is 11.3 Å². The maximum absolute atomic E-state index is 10.1. The summed E-state index contributed by atoms with van der Waals surface area (Å²) in [5, 5.41) is 10.1. The van der Waals surface area contributed by atoms with Gasteiger partial charge in [-0.05, 0) is 35.1 Å². The van der Waals surface area contributed by atoms with Crippen molar-refractivity contribution in [1.29, 1.82) is 0 Å². The first kappa shape index (κ1) is 14.3. The number of aliphatic hydroxyl groups is 1. The molecular weight excluding hydrogens is 252 g/mol. The predicted molar refractivity (Wildman–Crippen MR) is 83.7 cm³/mol. The lowest BCUT2D eigenvalue weighted by Crippen LogP contribution is -2.07. The van der Waals surface area contributed by atoms with E-state index in [1.807, 2.05) is 36.5 Å². The summed E-state index contributed by atoms with van der Waals surface area (Å²) in [7, 11) is 0. The third-order valence-corrected chi connectivity index (χ3v) is 4.86. The van der Waals surface area contributed by atoms with Gasteiger partial charge >= 0.3 is 0 Å². The lowest BCUT2D eigenvalue weighted by Gasteiger charge is -2.16. The van der Waals surface area contributed by atoms with E-state index in [0.717, 1.165) is 17.5 Å². The number of hydrogen-bond acceptors (Lipinski definition) is 2. The highest BCUT2D eigenvalue weighted by Gasteiger charge is 2.18. The Hall–Kier alpha value is -1.12. The smallest absolute Gasteiger partial charge is 0.0793 e. The molecule has 19 heavy (non-hydrogen) atoms. The van der Waals surface area contributed by atoms with Gasteiger partial charge in [0.1, 0.15) is 0 Å². The van der Waals surface area contributed by atoms with Crippen molar-refractivity contribution in [3.63, 3.8) is 0 Å². The molecule has 1 aromatic heterocycles. The molecule has 0 amide bonds. The molecular formula is C17H22OS. The molecule has 0 fully saturated rings. The van der Waals surface area contributed by atoms with E-state index in [2.05, 4.69) is 39.0 Å². The van der Waals surface area contributed by atoms with E-state index in [4.69, 9.17) is 0 Å². The van der Waals surface area contributed by atoms with E-state index in [9.17, 15) is 5.11 Å². The standard InChI is InChI=1S/C17H22OS/c1-5-14(18)12-8-6-7-9-13(12)15-10-11-16(19-15)17(2,3)4/h6-11,14,18H,5H2,1-4H3/t14-/m1/s1. The van der Waals surface area contributed by atoms with Crippen LogP contribution in [0, 0.1) is 0 Å². The number of rotatable bonds is 3. The van der Waals surface area contributed by atoms with Crippen molar-refractivity contribution in [3.8, 4) is 10.4 Å². The Labute approximate surface area is 119 Å². The third kappa shape index (κ3) is 3.07. The van der Waals surface area contributed by atoms with Gasteiger partial charge in [0.25, 0.3) is 0 Å². The zero-order valence-electron chi connectivity index (χ0n) is 12.1. The van der Waals surface area contributed by atoms with Crippen molar-refractivity contribution in [2.45, 2.75) is 45.6 Å². The molecule has 0 unspecified atom stereocenters. The molecule has 0 saturated heterocycles. The van der Waals surface area contributed by atoms with E-state index in [-0.39, 0.29) is 11.5 Å². The van der Waals surface area contributed by atoms with Crippen molar-refractivity contribution in [2.75, 3.05) is 0 Å². The van der Waals surface area contributed by atoms with Gasteiger partial charge in [0, 0.05) is 9.75 Å². The second-order valence-electron chi connectivity index (χ2n) is 5.93. The summed E-state index contributed by atoms with van der Waals surface area (Å²) in [5.74, 6) is 0. The van der Waals surface area contributed by atoms with Gasteiger partial charge in [-0.25, -0.2) is 0 Å². The molecule has 0 aliphatic rings. The van der Waals surface area contributed by atoms with Crippen LogP contribution in [0.15, 0.2) is 36.4 Å². The fraction of sp³-hybridized carbons (Fsp3) is 0.412. The van der Waals surface area contributed by atoms with Crippen LogP contribution in [0.4, 0.5) is 0 Å². The Balaban J connectivity index is 2.45. The SMILES string of the molecule is CC[C@@H](O)c1ccccc1-c1ccc(C(C)(C)C)s1. The van der Waals surface area contributed by atoms with Gasteiger partial charge in [-0.1, -0.05) is 52.0 Å². The van der Waals surface area contributed by atoms with Crippen LogP contribution in [0.3, 0.4) is 0 Å². The zero-order valence-corrected chi connectivity index (χ0v) is 12.9. The molecule has 1 nitrogen and oxygen atoms in total. The molecule has 1 atom stereocenters. The van der Waals surface area contributed by atoms with E-state index in [1.165, 1.54) is 9.75 Å². The highest BCUT2D eigenvalue weighted by Crippen LogP contribution is 2.38. The maximum Gasteiger partial charge on any atom is 0.0793 e. The first-order valence-electron chi connectivity index (χ1n) is 6.81. The van der Waals surface area contributed by atoms with Crippen LogP contribution in [0.2, 0.25) is 0 Å². The molecule has 1 heterocycles. The van der Waals surface area contributed by atoms with Crippen molar-refractivity contribution in [2.24, 2.45) is 0 Å². The van der Waals surface area contributed by atoms with Gasteiger partial charge in [0.15, 0.2) is 0 Å². The summed E-state index contributed by atoms with van der Waals surface area (Å²) in [6.45, 7) is 8.71. The molecule has 2 heteroatoms. The van der Waals surface area contributed by atoms with Gasteiger partial charge in [0.05, 0.1) is 6.10 Å². The largest absolute Gasteiger partial charge is 0.388 e. The fourth-order valence-electron chi connectivity index (χ4n) is 2.12. The summed E-state index contributed by atoms with van der Waals surface area (Å²) in [4.78, 5) is 2.62. The summed E-state index contributed by atoms with van der Waals surface area (Å²) < 4.78 is 0. The van der Waals surface area contributed by atoms with Crippen LogP contribution in [-0.2, 0) is 5.41 Å². The molecule has 1 aromatic carbocycles. The van der Waals surface area contributed by atoms with Crippen molar-refractivity contribution >= 4 is 11.3 Å². The average Bonchev–Trinajstić information content (AvgIpc) is 2.87. The highest BCUT2D eigenvalue weighted by atomic mass is 32.1. The monoisotopic (exact) mass is 274 g/mol. The summed E-state index contributed by atoms with van der Waals surface area (Å²) in [6.07, 6.45) is 0.366. The lowest BCUT2D eigenvalue weighted by molar-refractivity contribution is 0.174. The Morgan fingerprint density at radius 1 is 1.11 bits per heavy atom. The van der Waals surface area contributed by atoms with Gasteiger partial charge in [-0.3, -0.25) is 0 Å². The Bertz CT molecular complexity index is 548. The van der Waals surface area contributed by atoms with Crippen LogP contribution >= 0.6 is 11.3 Å². The molecule has 0 aliphatic heterocycles. The Kier molecular flexibility index (Phi) is 4.12. The van der Waals surface area contributed by atoms with Crippen LogP contribution in [-0.4, -0.2) is 5.11 Å². The quantitative estimate of drug-likeness (QED) is 0.820. The zero-order chi connectivity index (χ0) is 14.0. The minimum absolute atomic E-state index is 0.182. The van der Waals surface area contributed by atoms with E-state index < -0.39 is 0 Å². The Morgan fingerprint density at radius 3 is 2.37 bits per heavy atom. The second kappa shape index (κ2) is 5.48. The molecule has 102 valence electrons. The van der Waals surface area contributed by atoms with Crippen LogP contribution < -0.4 is 0 Å². The summed E-state index contributed by atoms with van der Waals surface area (Å²) in [5.41, 5.74) is 2.38. The summed E-state index contributed by atoms with van der Waals surface area (Å²) in [6, 6.07) is 12.5. The predicted octanol–water partition coefficient (Wildman–Crippen LogP) is 5.16. The normalized spacial score (nSPS) is 13.5. The molecule has 0 spiro atoms. The molecule has 0 saturated carbocycles. The first-order chi connectivity index (χ1) is 8.93. The average molecular weight is 274 g/mol. The topological polar surface area (TPSA) is 20.2 Å². The first-order valence-corrected chi connectivity index (χ1v) is 7.63. The van der Waals surface area contributed by atoms with Crippen LogP contribution in [0.1, 0.15) is 50.7 Å². The van der Waals surface area contributed by atoms with Crippen molar-refractivity contribution < 1.29 is 5.11 Å². The molecule has 2 rings (SSSR count). The molecule has 2 aromatic rings. The van der Waals surface area contributed by atoms with Crippen LogP contribution in [0.5, 0.6) is 0 Å². The summed E-state index contributed by atoms with van der Waals surface area (Å²) >= 11 is 1.82. The van der Waals surface area contributed by atoms with Crippen LogP contribution in [0.25, 0.3) is 10.4 Å². The maximum atomic E-state index is 10.1. The van der Waals surface area contributed by atoms with Gasteiger partial charge in [-0.2, -0.15) is 0 Å². The number of thiophene rings is 1. The molecule has 0 aliphatic carbocycles. The highest BCUT2D eigenvalue weighted by molar-refractivity contribution is 7.15. The number of benzene rings is 1. The third-order valence-electron chi connectivity index (χ3n) is 3.32. The molecule has 0 bridgehead atoms. The van der Waals surface area contributed by atoms with E-state index >= 15 is 0 Å². The number of aliphatic hydroxyl groups excluding tert-OH is 1. The number of hydrogen-bond donors (Lipinski definition) is 1. The second-order valence-corrected chi connectivity index (χ2v) is 7.01. The minimum Gasteiger partial charge on any atom is -0.388 e. The van der Waals surface area contributed by atoms with Gasteiger partial charge < -0.3 is 5.11 Å². The lowest BCUT2D eigenvalue weighted by atomic mass is 9.95. The molecule has 0 radical (unpaired) electrons. The van der Waals surface area contributed by atoms with Crippen molar-refractivity contribution in [3.05, 3.63) is 46.8 Å².